The van der Waals surface area contributed by atoms with Gasteiger partial charge in [-0.25, -0.2) is 0 Å². The largest absolute Gasteiger partial charge is 0.417 e. The number of morpholine rings is 1. The highest BCUT2D eigenvalue weighted by Gasteiger charge is 2.51. The van der Waals surface area contributed by atoms with Crippen molar-refractivity contribution in [1.29, 1.82) is 0 Å². The number of benzene rings is 1. The van der Waals surface area contributed by atoms with Crippen LogP contribution in [0.5, 0.6) is 0 Å². The molecule has 1 aromatic heterocycles. The first-order valence-corrected chi connectivity index (χ1v) is 37.3. The lowest BCUT2D eigenvalue weighted by Crippen LogP contribution is -2.66. The van der Waals surface area contributed by atoms with Gasteiger partial charge >= 0.3 is 6.18 Å². The molecule has 26 nitrogen and oxygen atoms in total. The quantitative estimate of drug-likeness (QED) is 0.271. The minimum atomic E-state index is -4.79. The van der Waals surface area contributed by atoms with Crippen molar-refractivity contribution in [1.82, 2.24) is 65.0 Å². The summed E-state index contributed by atoms with van der Waals surface area (Å²) in [7, 11) is 9.85. The topological polar surface area (TPSA) is 292 Å². The van der Waals surface area contributed by atoms with Crippen LogP contribution in [0.2, 0.25) is 5.02 Å². The molecule has 6 aliphatic rings. The molecule has 104 heavy (non-hydrogen) atoms. The predicted molar refractivity (Wildman–Crippen MR) is 379 cm³/mol. The van der Waals surface area contributed by atoms with E-state index in [0.29, 0.717) is 50.5 Å². The van der Waals surface area contributed by atoms with Gasteiger partial charge in [0, 0.05) is 87.8 Å². The summed E-state index contributed by atoms with van der Waals surface area (Å²) in [6.45, 7) is 4.65. The summed E-state index contributed by atoms with van der Waals surface area (Å²) >= 11 is 6.20. The van der Waals surface area contributed by atoms with Crippen LogP contribution in [0.4, 0.5) is 13.2 Å². The molecule has 0 radical (unpaired) electrons. The lowest BCUT2D eigenvalue weighted by Gasteiger charge is -2.44. The van der Waals surface area contributed by atoms with Gasteiger partial charge in [-0.2, -0.15) is 13.2 Å². The van der Waals surface area contributed by atoms with Gasteiger partial charge in [0.2, 0.25) is 70.9 Å². The molecule has 4 heterocycles. The third-order valence-corrected chi connectivity index (χ3v) is 23.0. The molecule has 9 atom stereocenters. The van der Waals surface area contributed by atoms with Crippen LogP contribution < -0.4 is 16.0 Å². The third kappa shape index (κ3) is 19.8. The fourth-order valence-corrected chi connectivity index (χ4v) is 16.0. The number of fused-ring (bicyclic) bond motifs is 1. The Labute approximate surface area is 613 Å². The zero-order valence-corrected chi connectivity index (χ0v) is 62.7. The Hall–Kier alpha value is -7.95. The zero-order chi connectivity index (χ0) is 76.1. The van der Waals surface area contributed by atoms with Crippen molar-refractivity contribution in [2.45, 2.75) is 216 Å². The fourth-order valence-electron chi connectivity index (χ4n) is 15.6. The number of amides is 12. The van der Waals surface area contributed by atoms with Crippen LogP contribution in [0.3, 0.4) is 0 Å². The van der Waals surface area contributed by atoms with E-state index < -0.39 is 173 Å². The summed E-state index contributed by atoms with van der Waals surface area (Å²) in [6.07, 6.45) is 6.63. The minimum Gasteiger partial charge on any atom is -0.378 e. The molecule has 30 heteroatoms. The van der Waals surface area contributed by atoms with E-state index in [1.54, 1.807) is 19.1 Å². The van der Waals surface area contributed by atoms with Gasteiger partial charge < -0.3 is 64.8 Å². The van der Waals surface area contributed by atoms with Crippen molar-refractivity contribution < 1.29 is 75.4 Å². The van der Waals surface area contributed by atoms with E-state index in [1.165, 1.54) is 99.2 Å². The number of aromatic nitrogens is 1. The number of pyridine rings is 1. The molecule has 3 aliphatic heterocycles. The van der Waals surface area contributed by atoms with E-state index in [4.69, 9.17) is 16.3 Å². The van der Waals surface area contributed by atoms with Crippen molar-refractivity contribution in [3.63, 3.8) is 0 Å². The first-order valence-electron chi connectivity index (χ1n) is 36.9. The number of hydrogen-bond acceptors (Lipinski definition) is 14. The Kier molecular flexibility index (Phi) is 28.6. The van der Waals surface area contributed by atoms with E-state index in [1.807, 2.05) is 6.92 Å². The Bertz CT molecular complexity index is 3420. The van der Waals surface area contributed by atoms with E-state index in [2.05, 4.69) is 20.9 Å². The highest BCUT2D eigenvalue weighted by molar-refractivity contribution is 6.31. The smallest absolute Gasteiger partial charge is 0.378 e. The van der Waals surface area contributed by atoms with Crippen molar-refractivity contribution >= 4 is 82.5 Å². The molecule has 1 spiro atoms. The normalized spacial score (nSPS) is 26.9. The average Bonchev–Trinajstić information content (AvgIpc) is 1.33. The summed E-state index contributed by atoms with van der Waals surface area (Å²) in [5.41, 5.74) is -2.01. The number of rotatable bonds is 11. The molecule has 0 bridgehead atoms. The summed E-state index contributed by atoms with van der Waals surface area (Å²) < 4.78 is 47.5. The predicted octanol–water partition coefficient (Wildman–Crippen LogP) is 4.86. The second-order valence-electron chi connectivity index (χ2n) is 29.7. The van der Waals surface area contributed by atoms with Gasteiger partial charge in [-0.3, -0.25) is 62.5 Å². The fraction of sp³-hybridized carbons (Fsp3) is 0.689. The molecule has 1 aromatic carbocycles. The molecule has 6 fully saturated rings. The number of halogens is 4. The molecule has 2 aromatic rings. The number of likely N-dealkylation sites (N-methyl/N-ethyl adjacent to an activating group) is 7. The maximum atomic E-state index is 15.9. The molecule has 574 valence electrons. The molecule has 3 aliphatic carbocycles. The Morgan fingerprint density at radius 3 is 1.91 bits per heavy atom. The number of carbonyl (C=O) groups excluding carboxylic acids is 12. The van der Waals surface area contributed by atoms with Gasteiger partial charge in [0.05, 0.1) is 43.3 Å². The number of alkyl halides is 3. The SMILES string of the molecule is CC[C@H](C)[C@@H]1NC(=O)[C@H](C)N(C)C(=O)C[C@@H](C(=O)N2CCOCC2)N(C)C(=O)[C@H](C2CCCCC2)N(C)C(=O)C2(CCCC2)NC(=O)[C@H](Cc2cccnc2)N(C)C(=O)[C@H](CCc2ccc(C(F)(F)F)c(Cl)c2)NC(=O)CN(C)C(=O)[C@H](CC2CCCCC2)N(C)C(=O)[C@@H]2CCN2C(=O)CN(C)C1=O. The second kappa shape index (κ2) is 36.4. The minimum absolute atomic E-state index is 0.00605. The maximum Gasteiger partial charge on any atom is 0.417 e. The molecule has 3 N–H and O–H groups in total. The van der Waals surface area contributed by atoms with Crippen molar-refractivity contribution in [3.8, 4) is 0 Å². The van der Waals surface area contributed by atoms with E-state index in [0.717, 1.165) is 70.3 Å². The molecule has 0 unspecified atom stereocenters. The standard InChI is InChI=1S/C74H107ClF3N13O13/c1-11-46(2)62-70(101)84(5)45-61(94)91-34-30-55(91)68(99)87(8)57(40-48-21-14-12-15-22-48)67(98)83(4)44-59(92)80-54(29-27-49-26-28-52(53(75)39-49)74(76,77)78)66(97)86(7)56(41-50-23-20-33-79-43-50)65(96)82-73(31-18-19-32-73)72(103)89(10)63(51-24-16-13-17-25-51)71(102)88(9)58(69(100)90-35-37-104-38-36-90)42-60(93)85(6)47(3)64(95)81-62/h20,23,26,28,33,39,43,46-48,51,54-58,62-63H,11-19,21-22,24-25,27,29-32,34-38,40-42,44-45H2,1-10H3,(H,80,92)(H,81,95)(H,82,96)/t46-,47-,54-,55-,56-,57-,58-,62-,63-/m0/s1. The van der Waals surface area contributed by atoms with E-state index in [9.17, 15) is 46.7 Å². The number of carbonyl (C=O) groups is 12. The maximum absolute atomic E-state index is 15.9. The van der Waals surface area contributed by atoms with Gasteiger partial charge in [0.1, 0.15) is 53.9 Å². The molecule has 8 rings (SSSR count). The molecule has 3 saturated carbocycles. The summed E-state index contributed by atoms with van der Waals surface area (Å²) in [6, 6.07) is -3.89. The zero-order valence-electron chi connectivity index (χ0n) is 62.0. The van der Waals surface area contributed by atoms with Crippen molar-refractivity contribution in [3.05, 3.63) is 64.4 Å². The molecule has 3 saturated heterocycles. The third-order valence-electron chi connectivity index (χ3n) is 22.7. The number of nitrogens with zero attached hydrogens (tertiary/aromatic N) is 10. The van der Waals surface area contributed by atoms with E-state index >= 15 is 24.0 Å². The van der Waals surface area contributed by atoms with Crippen LogP contribution in [0, 0.1) is 17.8 Å². The molecular formula is C74H107ClF3N13O13. The average molecular weight is 1480 g/mol. The van der Waals surface area contributed by atoms with Gasteiger partial charge in [0.25, 0.3) is 0 Å². The molecule has 12 amide bonds. The summed E-state index contributed by atoms with van der Waals surface area (Å²) in [4.78, 5) is 196. The van der Waals surface area contributed by atoms with E-state index in [-0.39, 0.29) is 89.3 Å². The van der Waals surface area contributed by atoms with Crippen LogP contribution in [0.15, 0.2) is 42.7 Å². The van der Waals surface area contributed by atoms with Gasteiger partial charge in [-0.15, -0.1) is 0 Å². The second-order valence-corrected chi connectivity index (χ2v) is 30.1. The number of nitrogens with one attached hydrogen (secondary N) is 3. The lowest BCUT2D eigenvalue weighted by molar-refractivity contribution is -0.158. The van der Waals surface area contributed by atoms with Gasteiger partial charge in [0.15, 0.2) is 0 Å². The van der Waals surface area contributed by atoms with Crippen LogP contribution in [0.25, 0.3) is 0 Å². The van der Waals surface area contributed by atoms with Crippen LogP contribution >= 0.6 is 11.6 Å². The Morgan fingerprint density at radius 2 is 1.32 bits per heavy atom. The lowest BCUT2D eigenvalue weighted by atomic mass is 9.81. The first-order chi connectivity index (χ1) is 49.3. The van der Waals surface area contributed by atoms with Gasteiger partial charge in [-0.1, -0.05) is 108 Å². The first kappa shape index (κ1) is 81.7. The van der Waals surface area contributed by atoms with Gasteiger partial charge in [-0.05, 0) is 105 Å². The molecular weight excluding hydrogens is 1370 g/mol. The van der Waals surface area contributed by atoms with Crippen molar-refractivity contribution in [2.24, 2.45) is 17.8 Å². The van der Waals surface area contributed by atoms with Crippen LogP contribution in [0.1, 0.15) is 159 Å². The Morgan fingerprint density at radius 1 is 0.683 bits per heavy atom. The highest BCUT2D eigenvalue weighted by Crippen LogP contribution is 2.38. The number of ether oxygens (including phenoxy) is 1. The Balaban J connectivity index is 1.20. The summed E-state index contributed by atoms with van der Waals surface area (Å²) in [5, 5.41) is 8.06. The van der Waals surface area contributed by atoms with Crippen LogP contribution in [-0.4, -0.2) is 269 Å². The monoisotopic (exact) mass is 1480 g/mol. The summed E-state index contributed by atoms with van der Waals surface area (Å²) in [5.74, 6) is -9.11. The number of aryl methyl sites for hydroxylation is 1. The highest BCUT2D eigenvalue weighted by atomic mass is 35.5. The number of hydrogen-bond donors (Lipinski definition) is 3. The van der Waals surface area contributed by atoms with Crippen molar-refractivity contribution in [2.75, 3.05) is 95.3 Å². The van der Waals surface area contributed by atoms with Crippen LogP contribution in [-0.2, 0) is 81.3 Å².